The maximum Gasteiger partial charge on any atom is 0.0991 e. The minimum Gasteiger partial charge on any atom is -0.192 e. The van der Waals surface area contributed by atoms with Gasteiger partial charge in [-0.1, -0.05) is 18.2 Å². The Bertz CT molecular complexity index is 489. The van der Waals surface area contributed by atoms with Gasteiger partial charge < -0.3 is 0 Å². The van der Waals surface area contributed by atoms with Gasteiger partial charge in [-0.2, -0.15) is 15.5 Å². The molecule has 0 N–H and O–H groups in total. The summed E-state index contributed by atoms with van der Waals surface area (Å²) in [6.07, 6.45) is 4.44. The number of hydrogen-bond acceptors (Lipinski definition) is 3. The molecule has 1 aliphatic carbocycles. The highest BCUT2D eigenvalue weighted by Crippen LogP contribution is 2.37. The van der Waals surface area contributed by atoms with Crippen LogP contribution in [0.25, 0.3) is 6.08 Å². The van der Waals surface area contributed by atoms with E-state index in [0.717, 1.165) is 18.4 Å². The standard InChI is InChI=1S/C13H11N3/c14-8-10-3-1-9(2-4-10)7-11-12-5-6-13(11)16-15-12/h1-4,7,12-13H,5-6H2/t12-,13+. The number of nitrogens with zero attached hydrogens (tertiary/aromatic N) is 3. The number of rotatable bonds is 1. The monoisotopic (exact) mass is 209 g/mol. The van der Waals surface area contributed by atoms with Gasteiger partial charge in [0.25, 0.3) is 0 Å². The van der Waals surface area contributed by atoms with E-state index < -0.39 is 0 Å². The van der Waals surface area contributed by atoms with Crippen LogP contribution in [0.2, 0.25) is 0 Å². The SMILES string of the molecule is N#Cc1ccc(C=C2[C@@H]3CC[C@H]2N=N3)cc1. The molecule has 0 aromatic heterocycles. The first-order valence-electron chi connectivity index (χ1n) is 5.48. The lowest BCUT2D eigenvalue weighted by molar-refractivity contribution is 0.643. The van der Waals surface area contributed by atoms with E-state index in [1.54, 1.807) is 0 Å². The van der Waals surface area contributed by atoms with Crippen molar-refractivity contribution in [3.63, 3.8) is 0 Å². The highest BCUT2D eigenvalue weighted by molar-refractivity contribution is 5.58. The van der Waals surface area contributed by atoms with Crippen LogP contribution in [-0.4, -0.2) is 12.1 Å². The molecule has 3 heteroatoms. The van der Waals surface area contributed by atoms with Crippen LogP contribution in [0.15, 0.2) is 40.1 Å². The van der Waals surface area contributed by atoms with Crippen LogP contribution in [-0.2, 0) is 0 Å². The van der Waals surface area contributed by atoms with Gasteiger partial charge in [-0.3, -0.25) is 0 Å². The van der Waals surface area contributed by atoms with Crippen LogP contribution < -0.4 is 0 Å². The van der Waals surface area contributed by atoms with Gasteiger partial charge in [-0.25, -0.2) is 0 Å². The van der Waals surface area contributed by atoms with Crippen molar-refractivity contribution in [3.05, 3.63) is 41.0 Å². The topological polar surface area (TPSA) is 48.5 Å². The Morgan fingerprint density at radius 2 is 1.75 bits per heavy atom. The number of fused-ring (bicyclic) bond motifs is 2. The lowest BCUT2D eigenvalue weighted by atomic mass is 10.0. The molecule has 1 aliphatic heterocycles. The quantitative estimate of drug-likeness (QED) is 0.701. The zero-order valence-corrected chi connectivity index (χ0v) is 8.80. The molecule has 2 atom stereocenters. The fraction of sp³-hybridized carbons (Fsp3) is 0.308. The van der Waals surface area contributed by atoms with Gasteiger partial charge in [0.1, 0.15) is 0 Å². The molecule has 2 aliphatic rings. The van der Waals surface area contributed by atoms with Crippen LogP contribution >= 0.6 is 0 Å². The van der Waals surface area contributed by atoms with Crippen molar-refractivity contribution in [2.24, 2.45) is 10.2 Å². The molecule has 1 aromatic carbocycles. The van der Waals surface area contributed by atoms with Crippen molar-refractivity contribution in [1.29, 1.82) is 5.26 Å². The normalized spacial score (nSPS) is 28.6. The molecule has 3 rings (SSSR count). The van der Waals surface area contributed by atoms with Crippen LogP contribution in [0, 0.1) is 11.3 Å². The maximum atomic E-state index is 8.71. The first-order chi connectivity index (χ1) is 7.86. The lowest BCUT2D eigenvalue weighted by Gasteiger charge is -2.01. The predicted molar refractivity (Wildman–Crippen MR) is 60.8 cm³/mol. The van der Waals surface area contributed by atoms with E-state index in [9.17, 15) is 0 Å². The Morgan fingerprint density at radius 3 is 2.25 bits per heavy atom. The summed E-state index contributed by atoms with van der Waals surface area (Å²) in [4.78, 5) is 0. The van der Waals surface area contributed by atoms with Crippen LogP contribution in [0.3, 0.4) is 0 Å². The Labute approximate surface area is 94.1 Å². The smallest absolute Gasteiger partial charge is 0.0991 e. The van der Waals surface area contributed by atoms with Crippen molar-refractivity contribution < 1.29 is 0 Å². The summed E-state index contributed by atoms with van der Waals surface area (Å²) in [5.74, 6) is 0. The molecule has 0 saturated heterocycles. The average molecular weight is 209 g/mol. The molecule has 0 unspecified atom stereocenters. The molecule has 1 saturated carbocycles. The fourth-order valence-electron chi connectivity index (χ4n) is 2.32. The van der Waals surface area contributed by atoms with Gasteiger partial charge in [0.05, 0.1) is 23.7 Å². The van der Waals surface area contributed by atoms with E-state index in [4.69, 9.17) is 5.26 Å². The highest BCUT2D eigenvalue weighted by atomic mass is 15.2. The second kappa shape index (κ2) is 3.57. The third-order valence-electron chi connectivity index (χ3n) is 3.20. The molecule has 1 aromatic rings. The van der Waals surface area contributed by atoms with Gasteiger partial charge in [-0.05, 0) is 36.1 Å². The summed E-state index contributed by atoms with van der Waals surface area (Å²) in [6.45, 7) is 0. The summed E-state index contributed by atoms with van der Waals surface area (Å²) in [5.41, 5.74) is 3.17. The Balaban J connectivity index is 1.90. The Morgan fingerprint density at radius 1 is 1.12 bits per heavy atom. The molecule has 2 bridgehead atoms. The van der Waals surface area contributed by atoms with E-state index in [2.05, 4.69) is 22.4 Å². The van der Waals surface area contributed by atoms with Crippen molar-refractivity contribution in [2.75, 3.05) is 0 Å². The largest absolute Gasteiger partial charge is 0.192 e. The molecule has 0 spiro atoms. The van der Waals surface area contributed by atoms with E-state index in [1.165, 1.54) is 5.57 Å². The molecule has 78 valence electrons. The van der Waals surface area contributed by atoms with Crippen molar-refractivity contribution in [2.45, 2.75) is 24.9 Å². The minimum absolute atomic E-state index is 0.320. The molecule has 0 amide bonds. The van der Waals surface area contributed by atoms with Gasteiger partial charge in [0.15, 0.2) is 0 Å². The van der Waals surface area contributed by atoms with Gasteiger partial charge >= 0.3 is 0 Å². The third kappa shape index (κ3) is 1.43. The lowest BCUT2D eigenvalue weighted by Crippen LogP contribution is -1.98. The van der Waals surface area contributed by atoms with Crippen LogP contribution in [0.4, 0.5) is 0 Å². The molecular weight excluding hydrogens is 198 g/mol. The first-order valence-corrected chi connectivity index (χ1v) is 5.48. The molecule has 1 fully saturated rings. The second-order valence-electron chi connectivity index (χ2n) is 4.22. The first kappa shape index (κ1) is 9.29. The van der Waals surface area contributed by atoms with E-state index in [-0.39, 0.29) is 0 Å². The van der Waals surface area contributed by atoms with E-state index in [0.29, 0.717) is 17.6 Å². The molecular formula is C13H11N3. The number of benzene rings is 1. The van der Waals surface area contributed by atoms with Gasteiger partial charge in [-0.15, -0.1) is 0 Å². The molecule has 0 radical (unpaired) electrons. The van der Waals surface area contributed by atoms with Crippen LogP contribution in [0.5, 0.6) is 0 Å². The number of hydrogen-bond donors (Lipinski definition) is 0. The predicted octanol–water partition coefficient (Wildman–Crippen LogP) is 2.94. The molecule has 1 heterocycles. The third-order valence-corrected chi connectivity index (χ3v) is 3.20. The zero-order valence-electron chi connectivity index (χ0n) is 8.80. The van der Waals surface area contributed by atoms with E-state index in [1.807, 2.05) is 24.3 Å². The summed E-state index contributed by atoms with van der Waals surface area (Å²) >= 11 is 0. The maximum absolute atomic E-state index is 8.71. The van der Waals surface area contributed by atoms with Crippen molar-refractivity contribution >= 4 is 6.08 Å². The Hall–Kier alpha value is -1.95. The number of azo groups is 1. The summed E-state index contributed by atoms with van der Waals surface area (Å²) < 4.78 is 0. The highest BCUT2D eigenvalue weighted by Gasteiger charge is 2.35. The van der Waals surface area contributed by atoms with E-state index >= 15 is 0 Å². The van der Waals surface area contributed by atoms with Crippen LogP contribution in [0.1, 0.15) is 24.0 Å². The minimum atomic E-state index is 0.320. The average Bonchev–Trinajstić information content (AvgIpc) is 2.90. The second-order valence-corrected chi connectivity index (χ2v) is 4.22. The summed E-state index contributed by atoms with van der Waals surface area (Å²) in [7, 11) is 0. The fourth-order valence-corrected chi connectivity index (χ4v) is 2.32. The van der Waals surface area contributed by atoms with Gasteiger partial charge in [0.2, 0.25) is 0 Å². The van der Waals surface area contributed by atoms with Crippen molar-refractivity contribution in [1.82, 2.24) is 0 Å². The Kier molecular flexibility index (Phi) is 2.07. The molecule has 16 heavy (non-hydrogen) atoms. The molecule has 3 nitrogen and oxygen atoms in total. The summed E-state index contributed by atoms with van der Waals surface area (Å²) in [6, 6.07) is 10.4. The van der Waals surface area contributed by atoms with Gasteiger partial charge in [0, 0.05) is 0 Å². The number of nitriles is 1. The summed E-state index contributed by atoms with van der Waals surface area (Å²) in [5, 5.41) is 17.2. The zero-order chi connectivity index (χ0) is 11.0. The van der Waals surface area contributed by atoms with Crippen molar-refractivity contribution in [3.8, 4) is 6.07 Å².